The molecule has 0 aliphatic carbocycles. The van der Waals surface area contributed by atoms with Crippen LogP contribution < -0.4 is 16.0 Å². The van der Waals surface area contributed by atoms with Crippen LogP contribution >= 0.6 is 11.6 Å². The van der Waals surface area contributed by atoms with Crippen LogP contribution in [0.2, 0.25) is 0 Å². The highest BCUT2D eigenvalue weighted by Gasteiger charge is 2.42. The Morgan fingerprint density at radius 2 is 1.08 bits per heavy atom. The molecule has 3 heterocycles. The maximum atomic E-state index is 8.04. The van der Waals surface area contributed by atoms with Crippen molar-refractivity contribution < 1.29 is 0 Å². The lowest BCUT2D eigenvalue weighted by molar-refractivity contribution is 0.0936. The van der Waals surface area contributed by atoms with Gasteiger partial charge in [0.1, 0.15) is 0 Å². The molecule has 278 valence electrons. The molecular formula is C40H76ClN7. The molecule has 7 nitrogen and oxygen atoms in total. The van der Waals surface area contributed by atoms with Gasteiger partial charge in [0, 0.05) is 52.5 Å². The molecule has 0 spiro atoms. The van der Waals surface area contributed by atoms with Gasteiger partial charge in [0.15, 0.2) is 0 Å². The minimum atomic E-state index is -0.215. The second-order valence-corrected chi connectivity index (χ2v) is 20.7. The molecule has 3 aliphatic rings. The van der Waals surface area contributed by atoms with Crippen molar-refractivity contribution in [3.63, 3.8) is 0 Å². The second-order valence-electron chi connectivity index (χ2n) is 20.3. The van der Waals surface area contributed by atoms with E-state index in [-0.39, 0.29) is 44.6 Å². The van der Waals surface area contributed by atoms with E-state index in [1.165, 1.54) is 44.9 Å². The first-order chi connectivity index (χ1) is 21.8. The van der Waals surface area contributed by atoms with Gasteiger partial charge < -0.3 is 20.9 Å². The lowest BCUT2D eigenvalue weighted by Gasteiger charge is -2.49. The predicted octanol–water partition coefficient (Wildman–Crippen LogP) is 9.53. The summed E-state index contributed by atoms with van der Waals surface area (Å²) in [4.78, 5) is 11.7. The van der Waals surface area contributed by atoms with Crippen molar-refractivity contribution in [3.8, 4) is 0 Å². The fraction of sp³-hybridized carbons (Fsp3) is 0.925. The minimum Gasteiger partial charge on any atom is -0.341 e. The molecule has 0 saturated carbocycles. The first-order valence-corrected chi connectivity index (χ1v) is 19.6. The zero-order valence-corrected chi connectivity index (χ0v) is 34.4. The van der Waals surface area contributed by atoms with Crippen LogP contribution in [-0.4, -0.2) is 68.7 Å². The summed E-state index contributed by atoms with van der Waals surface area (Å²) in [6.07, 6.45) is 16.5. The Bertz CT molecular complexity index is 1090. The number of hydrogen-bond donors (Lipinski definition) is 4. The van der Waals surface area contributed by atoms with Crippen molar-refractivity contribution in [2.24, 2.45) is 33.7 Å². The van der Waals surface area contributed by atoms with Crippen molar-refractivity contribution in [1.29, 1.82) is 5.41 Å². The average Bonchev–Trinajstić information content (AvgIpc) is 2.85. The predicted molar refractivity (Wildman–Crippen MR) is 210 cm³/mol. The van der Waals surface area contributed by atoms with Crippen LogP contribution in [0.5, 0.6) is 0 Å². The van der Waals surface area contributed by atoms with Crippen LogP contribution in [-0.2, 0) is 0 Å². The maximum absolute atomic E-state index is 8.04. The Kier molecular flexibility index (Phi) is 13.5. The normalized spacial score (nSPS) is 27.1. The van der Waals surface area contributed by atoms with E-state index in [9.17, 15) is 0 Å². The summed E-state index contributed by atoms with van der Waals surface area (Å²) in [5, 5.41) is 19.4. The first kappa shape index (κ1) is 41.4. The Morgan fingerprint density at radius 1 is 0.688 bits per heavy atom. The molecule has 0 aromatic carbocycles. The zero-order chi connectivity index (χ0) is 36.3. The number of amidine groups is 1. The summed E-state index contributed by atoms with van der Waals surface area (Å²) >= 11 is 6.11. The van der Waals surface area contributed by atoms with E-state index in [4.69, 9.17) is 22.0 Å². The summed E-state index contributed by atoms with van der Waals surface area (Å²) < 4.78 is 0. The number of piperidine rings is 3. The molecule has 0 aromatic heterocycles. The van der Waals surface area contributed by atoms with E-state index in [0.717, 1.165) is 43.9 Å². The monoisotopic (exact) mass is 690 g/mol. The van der Waals surface area contributed by atoms with Gasteiger partial charge >= 0.3 is 0 Å². The van der Waals surface area contributed by atoms with Crippen molar-refractivity contribution in [2.45, 2.75) is 206 Å². The molecule has 0 bridgehead atoms. The molecular weight excluding hydrogens is 614 g/mol. The molecule has 2 unspecified atom stereocenters. The number of unbranched alkanes of at least 4 members (excludes halogenated alkanes) is 3. The van der Waals surface area contributed by atoms with Gasteiger partial charge in [0.25, 0.3) is 0 Å². The number of guanidine groups is 1. The van der Waals surface area contributed by atoms with Crippen LogP contribution in [0.3, 0.4) is 0 Å². The van der Waals surface area contributed by atoms with Crippen LogP contribution in [0, 0.1) is 29.1 Å². The third-order valence-corrected chi connectivity index (χ3v) is 11.5. The molecule has 48 heavy (non-hydrogen) atoms. The molecule has 3 aliphatic heterocycles. The topological polar surface area (TPSA) is 87.9 Å². The number of aliphatic imine (C=N–C) groups is 2. The Morgan fingerprint density at radius 3 is 1.52 bits per heavy atom. The lowest BCUT2D eigenvalue weighted by atomic mass is 9.70. The summed E-state index contributed by atoms with van der Waals surface area (Å²) in [6.45, 7) is 30.4. The van der Waals surface area contributed by atoms with E-state index >= 15 is 0 Å². The number of hydrogen-bond acceptors (Lipinski definition) is 4. The Labute approximate surface area is 301 Å². The molecule has 3 fully saturated rings. The SMILES string of the molecule is CC(CCCCCCC(/C=N/C(=N\C(=N)Cl)N(C)C1CC(C)(C)NC(C)(C)C1)C1CC(C)(C)NC(C)(C)C1)C1CC(C)(C)NC(C)(C)C1. The number of halogens is 1. The van der Waals surface area contributed by atoms with Gasteiger partial charge in [-0.05, 0) is 163 Å². The molecule has 2 atom stereocenters. The van der Waals surface area contributed by atoms with E-state index < -0.39 is 0 Å². The van der Waals surface area contributed by atoms with Crippen LogP contribution in [0.1, 0.15) is 167 Å². The van der Waals surface area contributed by atoms with E-state index in [1.54, 1.807) is 0 Å². The molecule has 0 aromatic rings. The molecule has 0 amide bonds. The van der Waals surface area contributed by atoms with Crippen LogP contribution in [0.4, 0.5) is 0 Å². The fourth-order valence-corrected chi connectivity index (χ4v) is 10.6. The quantitative estimate of drug-likeness (QED) is 0.0753. The number of nitrogens with one attached hydrogen (secondary N) is 4. The molecule has 0 radical (unpaired) electrons. The third kappa shape index (κ3) is 13.3. The Balaban J connectivity index is 1.69. The molecule has 3 saturated heterocycles. The third-order valence-electron chi connectivity index (χ3n) is 11.4. The summed E-state index contributed by atoms with van der Waals surface area (Å²) in [5.41, 5.74) is 0.586. The van der Waals surface area contributed by atoms with Gasteiger partial charge in [-0.3, -0.25) is 5.41 Å². The summed E-state index contributed by atoms with van der Waals surface area (Å²) in [6, 6.07) is 0.253. The van der Waals surface area contributed by atoms with E-state index in [1.807, 2.05) is 0 Å². The average molecular weight is 691 g/mol. The highest BCUT2D eigenvalue weighted by atomic mass is 35.5. The highest BCUT2D eigenvalue weighted by molar-refractivity contribution is 6.64. The minimum absolute atomic E-state index is 0.00262. The number of nitrogens with zero attached hydrogens (tertiary/aromatic N) is 3. The van der Waals surface area contributed by atoms with Crippen molar-refractivity contribution in [1.82, 2.24) is 20.9 Å². The highest BCUT2D eigenvalue weighted by Crippen LogP contribution is 2.40. The standard InChI is InChI=1S/C40H76ClN7/c1-28(30-21-35(2,3)45-36(4,5)22-30)19-17-15-16-18-20-29(31-23-37(6,7)46-38(8,9)24-31)27-43-34(44-33(41)42)48(14)32-25-39(10,11)47-40(12,13)26-32/h27-32,42,45-47H,15-26H2,1-14H3/b42-33?,43-27+,44-34+. The molecule has 3 rings (SSSR count). The van der Waals surface area contributed by atoms with Crippen molar-refractivity contribution in [2.75, 3.05) is 7.05 Å². The largest absolute Gasteiger partial charge is 0.341 e. The smallest absolute Gasteiger partial charge is 0.227 e. The maximum Gasteiger partial charge on any atom is 0.227 e. The number of rotatable bonds is 11. The first-order valence-electron chi connectivity index (χ1n) is 19.3. The van der Waals surface area contributed by atoms with Gasteiger partial charge in [-0.25, -0.2) is 4.99 Å². The van der Waals surface area contributed by atoms with Crippen molar-refractivity contribution in [3.05, 3.63) is 0 Å². The second kappa shape index (κ2) is 15.7. The summed E-state index contributed by atoms with van der Waals surface area (Å²) in [7, 11) is 2.08. The van der Waals surface area contributed by atoms with Gasteiger partial charge in [0.2, 0.25) is 11.3 Å². The summed E-state index contributed by atoms with van der Waals surface area (Å²) in [5.74, 6) is 3.02. The van der Waals surface area contributed by atoms with E-state index in [2.05, 4.69) is 129 Å². The van der Waals surface area contributed by atoms with Gasteiger partial charge in [-0.2, -0.15) is 4.99 Å². The van der Waals surface area contributed by atoms with Crippen LogP contribution in [0.25, 0.3) is 0 Å². The van der Waals surface area contributed by atoms with Gasteiger partial charge in [0.05, 0.1) is 0 Å². The van der Waals surface area contributed by atoms with E-state index in [0.29, 0.717) is 17.8 Å². The Hall–Kier alpha value is -1.02. The molecule has 4 N–H and O–H groups in total. The lowest BCUT2D eigenvalue weighted by Crippen LogP contribution is -2.62. The van der Waals surface area contributed by atoms with Crippen LogP contribution in [0.15, 0.2) is 9.98 Å². The fourth-order valence-electron chi connectivity index (χ4n) is 10.5. The zero-order valence-electron chi connectivity index (χ0n) is 33.7. The molecule has 8 heteroatoms. The van der Waals surface area contributed by atoms with Gasteiger partial charge in [-0.15, -0.1) is 0 Å². The van der Waals surface area contributed by atoms with Crippen molar-refractivity contribution >= 4 is 29.1 Å². The van der Waals surface area contributed by atoms with Gasteiger partial charge in [-0.1, -0.05) is 39.0 Å².